The summed E-state index contributed by atoms with van der Waals surface area (Å²) in [6.07, 6.45) is 3.40. The van der Waals surface area contributed by atoms with Gasteiger partial charge in [0, 0.05) is 51.2 Å². The highest BCUT2D eigenvalue weighted by atomic mass is 19.1. The normalized spacial score (nSPS) is 17.0. The van der Waals surface area contributed by atoms with Crippen molar-refractivity contribution in [3.05, 3.63) is 58.4 Å². The predicted molar refractivity (Wildman–Crippen MR) is 92.8 cm³/mol. The number of aryl methyl sites for hydroxylation is 1. The van der Waals surface area contributed by atoms with Gasteiger partial charge in [-0.05, 0) is 31.5 Å². The number of rotatable bonds is 4. The number of benzene rings is 1. The molecule has 0 radical (unpaired) electrons. The molecule has 2 heterocycles. The molecule has 1 aliphatic heterocycles. The number of hydrogen-bond acceptors (Lipinski definition) is 4. The summed E-state index contributed by atoms with van der Waals surface area (Å²) in [5.41, 5.74) is 0.946. The third-order valence-corrected chi connectivity index (χ3v) is 4.73. The molecule has 0 aliphatic carbocycles. The molecule has 1 saturated heterocycles. The van der Waals surface area contributed by atoms with Crippen LogP contribution in [0.4, 0.5) is 10.2 Å². The summed E-state index contributed by atoms with van der Waals surface area (Å²) in [7, 11) is 0. The van der Waals surface area contributed by atoms with Crippen LogP contribution in [-0.2, 0) is 6.54 Å². The third kappa shape index (κ3) is 3.33. The van der Waals surface area contributed by atoms with Crippen LogP contribution in [0.2, 0.25) is 0 Å². The van der Waals surface area contributed by atoms with Crippen molar-refractivity contribution in [2.45, 2.75) is 26.4 Å². The van der Waals surface area contributed by atoms with Gasteiger partial charge < -0.3 is 9.47 Å². The zero-order valence-electron chi connectivity index (χ0n) is 14.2. The van der Waals surface area contributed by atoms with E-state index in [1.165, 1.54) is 6.07 Å². The molecule has 0 saturated carbocycles. The van der Waals surface area contributed by atoms with Gasteiger partial charge in [-0.3, -0.25) is 9.69 Å². The average molecular weight is 330 g/mol. The van der Waals surface area contributed by atoms with Gasteiger partial charge in [-0.2, -0.15) is 0 Å². The van der Waals surface area contributed by atoms with Crippen LogP contribution in [0.25, 0.3) is 0 Å². The molecule has 6 heteroatoms. The molecule has 0 N–H and O–H groups in total. The van der Waals surface area contributed by atoms with Gasteiger partial charge in [0.05, 0.1) is 0 Å². The Bertz CT molecular complexity index is 753. The van der Waals surface area contributed by atoms with Gasteiger partial charge in [0.25, 0.3) is 5.56 Å². The second-order valence-electron chi connectivity index (χ2n) is 6.10. The molecule has 1 aromatic carbocycles. The molecular formula is C18H23FN4O. The summed E-state index contributed by atoms with van der Waals surface area (Å²) in [4.78, 5) is 21.0. The van der Waals surface area contributed by atoms with E-state index < -0.39 is 0 Å². The summed E-state index contributed by atoms with van der Waals surface area (Å²) < 4.78 is 15.1. The lowest BCUT2D eigenvalue weighted by molar-refractivity contribution is 0.197. The van der Waals surface area contributed by atoms with Gasteiger partial charge >= 0.3 is 0 Å². The van der Waals surface area contributed by atoms with Crippen molar-refractivity contribution in [1.82, 2.24) is 14.5 Å². The largest absolute Gasteiger partial charge is 0.349 e. The minimum atomic E-state index is -0.202. The summed E-state index contributed by atoms with van der Waals surface area (Å²) in [6, 6.07) is 6.92. The highest BCUT2D eigenvalue weighted by Crippen LogP contribution is 2.22. The molecule has 24 heavy (non-hydrogen) atoms. The second-order valence-corrected chi connectivity index (χ2v) is 6.10. The smallest absolute Gasteiger partial charge is 0.293 e. The fraction of sp³-hybridized carbons (Fsp3) is 0.444. The van der Waals surface area contributed by atoms with Crippen molar-refractivity contribution < 1.29 is 4.39 Å². The van der Waals surface area contributed by atoms with Crippen LogP contribution in [-0.4, -0.2) is 40.6 Å². The van der Waals surface area contributed by atoms with Gasteiger partial charge in [0.15, 0.2) is 5.82 Å². The number of piperazine rings is 1. The van der Waals surface area contributed by atoms with Crippen LogP contribution in [0.5, 0.6) is 0 Å². The minimum absolute atomic E-state index is 0.0355. The Balaban J connectivity index is 1.69. The van der Waals surface area contributed by atoms with Gasteiger partial charge in [-0.15, -0.1) is 0 Å². The summed E-state index contributed by atoms with van der Waals surface area (Å²) >= 11 is 0. The van der Waals surface area contributed by atoms with Crippen LogP contribution in [0.1, 0.15) is 25.5 Å². The summed E-state index contributed by atoms with van der Waals surface area (Å²) in [5.74, 6) is 0.323. The van der Waals surface area contributed by atoms with E-state index in [0.717, 1.165) is 31.7 Å². The quantitative estimate of drug-likeness (QED) is 0.862. The minimum Gasteiger partial charge on any atom is -0.349 e. The summed E-state index contributed by atoms with van der Waals surface area (Å²) in [6.45, 7) is 7.81. The maximum atomic E-state index is 13.4. The lowest BCUT2D eigenvalue weighted by Gasteiger charge is -2.38. The lowest BCUT2D eigenvalue weighted by atomic mass is 10.1. The van der Waals surface area contributed by atoms with E-state index in [4.69, 9.17) is 0 Å². The van der Waals surface area contributed by atoms with E-state index in [0.29, 0.717) is 12.4 Å². The van der Waals surface area contributed by atoms with Crippen molar-refractivity contribution >= 4 is 5.82 Å². The van der Waals surface area contributed by atoms with Gasteiger partial charge in [0.1, 0.15) is 5.82 Å². The molecule has 128 valence electrons. The first-order chi connectivity index (χ1) is 11.6. The van der Waals surface area contributed by atoms with Crippen LogP contribution in [0.15, 0.2) is 41.5 Å². The van der Waals surface area contributed by atoms with Gasteiger partial charge in [-0.25, -0.2) is 9.37 Å². The average Bonchev–Trinajstić information content (AvgIpc) is 2.61. The number of nitrogens with zero attached hydrogens (tertiary/aromatic N) is 4. The molecule has 1 aromatic heterocycles. The molecule has 0 bridgehead atoms. The van der Waals surface area contributed by atoms with Crippen molar-refractivity contribution in [2.24, 2.45) is 0 Å². The Labute approximate surface area is 141 Å². The monoisotopic (exact) mass is 330 g/mol. The second kappa shape index (κ2) is 7.13. The predicted octanol–water partition coefficient (Wildman–Crippen LogP) is 2.29. The molecule has 5 nitrogen and oxygen atoms in total. The van der Waals surface area contributed by atoms with Gasteiger partial charge in [-0.1, -0.05) is 12.1 Å². The van der Waals surface area contributed by atoms with Crippen LogP contribution in [0.3, 0.4) is 0 Å². The Morgan fingerprint density at radius 2 is 2.00 bits per heavy atom. The number of aromatic nitrogens is 2. The molecule has 1 atom stereocenters. The van der Waals surface area contributed by atoms with E-state index in [1.807, 2.05) is 17.9 Å². The molecule has 1 aliphatic rings. The maximum Gasteiger partial charge on any atom is 0.293 e. The standard InChI is InChI=1S/C18H23FN4O/c1-3-21-8-7-20-17(18(21)24)23-11-9-22(10-12-23)14(2)15-5-4-6-16(19)13-15/h4-8,13-14H,3,9-12H2,1-2H3/t14-/m0/s1. The molecule has 1 fully saturated rings. The van der Waals surface area contributed by atoms with E-state index in [-0.39, 0.29) is 17.4 Å². The Morgan fingerprint density at radius 3 is 2.67 bits per heavy atom. The highest BCUT2D eigenvalue weighted by Gasteiger charge is 2.24. The first-order valence-corrected chi connectivity index (χ1v) is 8.40. The van der Waals surface area contributed by atoms with E-state index >= 15 is 0 Å². The number of halogens is 1. The van der Waals surface area contributed by atoms with Crippen molar-refractivity contribution in [1.29, 1.82) is 0 Å². The fourth-order valence-electron chi connectivity index (χ4n) is 3.20. The zero-order chi connectivity index (χ0) is 17.1. The third-order valence-electron chi connectivity index (χ3n) is 4.73. The number of anilines is 1. The fourth-order valence-corrected chi connectivity index (χ4v) is 3.20. The highest BCUT2D eigenvalue weighted by molar-refractivity contribution is 5.36. The van der Waals surface area contributed by atoms with E-state index in [2.05, 4.69) is 16.8 Å². The van der Waals surface area contributed by atoms with E-state index in [9.17, 15) is 9.18 Å². The van der Waals surface area contributed by atoms with Crippen molar-refractivity contribution in [3.8, 4) is 0 Å². The molecule has 0 amide bonds. The first-order valence-electron chi connectivity index (χ1n) is 8.40. The van der Waals surface area contributed by atoms with E-state index in [1.54, 1.807) is 29.1 Å². The Morgan fingerprint density at radius 1 is 1.25 bits per heavy atom. The molecule has 3 rings (SSSR count). The molecular weight excluding hydrogens is 307 g/mol. The topological polar surface area (TPSA) is 41.4 Å². The van der Waals surface area contributed by atoms with Crippen LogP contribution >= 0.6 is 0 Å². The summed E-state index contributed by atoms with van der Waals surface area (Å²) in [5, 5.41) is 0. The maximum absolute atomic E-state index is 13.4. The zero-order valence-corrected chi connectivity index (χ0v) is 14.2. The Hall–Kier alpha value is -2.21. The number of hydrogen-bond donors (Lipinski definition) is 0. The molecule has 0 spiro atoms. The van der Waals surface area contributed by atoms with Crippen molar-refractivity contribution in [2.75, 3.05) is 31.1 Å². The SMILES string of the molecule is CCn1ccnc(N2CCN([C@@H](C)c3cccc(F)c3)CC2)c1=O. The van der Waals surface area contributed by atoms with Crippen LogP contribution in [0, 0.1) is 5.82 Å². The Kier molecular flexibility index (Phi) is 4.94. The lowest BCUT2D eigenvalue weighted by Crippen LogP contribution is -2.49. The van der Waals surface area contributed by atoms with Gasteiger partial charge in [0.2, 0.25) is 0 Å². The van der Waals surface area contributed by atoms with Crippen molar-refractivity contribution in [3.63, 3.8) is 0 Å². The molecule has 0 unspecified atom stereocenters. The van der Waals surface area contributed by atoms with Crippen LogP contribution < -0.4 is 10.5 Å². The molecule has 2 aromatic rings. The first kappa shape index (κ1) is 16.6.